The van der Waals surface area contributed by atoms with Crippen LogP contribution in [0.3, 0.4) is 0 Å². The Hall–Kier alpha value is -2.32. The lowest BCUT2D eigenvalue weighted by atomic mass is 9.97. The van der Waals surface area contributed by atoms with Crippen LogP contribution >= 0.6 is 11.6 Å². The minimum absolute atomic E-state index is 0.212. The molecule has 0 aliphatic carbocycles. The van der Waals surface area contributed by atoms with E-state index in [1.807, 2.05) is 27.8 Å². The van der Waals surface area contributed by atoms with Gasteiger partial charge in [-0.3, -0.25) is 9.48 Å². The molecule has 1 amide bonds. The van der Waals surface area contributed by atoms with Crippen LogP contribution < -0.4 is 5.32 Å². The molecule has 1 heterocycles. The lowest BCUT2D eigenvalue weighted by Gasteiger charge is -2.17. The van der Waals surface area contributed by atoms with Crippen molar-refractivity contribution in [1.82, 2.24) is 15.1 Å². The van der Waals surface area contributed by atoms with Crippen LogP contribution in [-0.4, -0.2) is 15.7 Å². The number of aryl methyl sites for hydroxylation is 2. The van der Waals surface area contributed by atoms with Gasteiger partial charge in [0.2, 0.25) is 5.91 Å². The van der Waals surface area contributed by atoms with Gasteiger partial charge in [0, 0.05) is 23.3 Å². The van der Waals surface area contributed by atoms with Crippen LogP contribution in [0.5, 0.6) is 0 Å². The fourth-order valence-electron chi connectivity index (χ4n) is 2.69. The Kier molecular flexibility index (Phi) is 5.07. The predicted octanol–water partition coefficient (Wildman–Crippen LogP) is 3.17. The second-order valence-corrected chi connectivity index (χ2v) is 5.99. The molecule has 120 valence electrons. The third kappa shape index (κ3) is 3.54. The number of rotatable bonds is 4. The third-order valence-electron chi connectivity index (χ3n) is 3.99. The van der Waals surface area contributed by atoms with Gasteiger partial charge in [-0.2, -0.15) is 10.4 Å². The fourth-order valence-corrected chi connectivity index (χ4v) is 2.89. The molecule has 0 unspecified atom stereocenters. The summed E-state index contributed by atoms with van der Waals surface area (Å²) >= 11 is 5.95. The molecular formula is C17H19ClN4O. The number of nitrogens with one attached hydrogen (secondary N) is 1. The highest BCUT2D eigenvalue weighted by Crippen LogP contribution is 2.24. The Morgan fingerprint density at radius 1 is 1.43 bits per heavy atom. The quantitative estimate of drug-likeness (QED) is 0.936. The maximum Gasteiger partial charge on any atom is 0.228 e. The molecule has 0 saturated carbocycles. The molecule has 0 radical (unpaired) electrons. The summed E-state index contributed by atoms with van der Waals surface area (Å²) in [5.41, 5.74) is 3.33. The SMILES string of the molecule is Cc1nn(C)c(C)c1[C@H](C)C(=O)N[C@H](C#N)c1cccc(Cl)c1. The van der Waals surface area contributed by atoms with Gasteiger partial charge in [0.15, 0.2) is 0 Å². The van der Waals surface area contributed by atoms with Crippen LogP contribution in [0.1, 0.15) is 41.4 Å². The number of nitrogens with zero attached hydrogens (tertiary/aromatic N) is 3. The highest BCUT2D eigenvalue weighted by Gasteiger charge is 2.25. The Morgan fingerprint density at radius 3 is 2.65 bits per heavy atom. The van der Waals surface area contributed by atoms with E-state index in [0.717, 1.165) is 17.0 Å². The number of benzene rings is 1. The molecule has 0 bridgehead atoms. The van der Waals surface area contributed by atoms with Crippen molar-refractivity contribution in [2.45, 2.75) is 32.7 Å². The number of carbonyl (C=O) groups is 1. The fraction of sp³-hybridized carbons (Fsp3) is 0.353. The first-order valence-electron chi connectivity index (χ1n) is 7.30. The molecule has 1 aromatic carbocycles. The van der Waals surface area contributed by atoms with Crippen LogP contribution in [0.25, 0.3) is 0 Å². The molecule has 0 aliphatic heterocycles. The van der Waals surface area contributed by atoms with Crippen molar-refractivity contribution in [3.63, 3.8) is 0 Å². The van der Waals surface area contributed by atoms with Crippen LogP contribution in [0.2, 0.25) is 5.02 Å². The summed E-state index contributed by atoms with van der Waals surface area (Å²) in [5, 5.41) is 17.0. The van der Waals surface area contributed by atoms with E-state index in [1.54, 1.807) is 28.9 Å². The van der Waals surface area contributed by atoms with Gasteiger partial charge in [-0.05, 0) is 38.5 Å². The topological polar surface area (TPSA) is 70.7 Å². The molecule has 0 saturated heterocycles. The molecule has 0 aliphatic rings. The molecule has 23 heavy (non-hydrogen) atoms. The van der Waals surface area contributed by atoms with E-state index in [2.05, 4.69) is 16.5 Å². The lowest BCUT2D eigenvalue weighted by Crippen LogP contribution is -2.31. The summed E-state index contributed by atoms with van der Waals surface area (Å²) in [6, 6.07) is 8.31. The van der Waals surface area contributed by atoms with Gasteiger partial charge in [0.1, 0.15) is 6.04 Å². The average Bonchev–Trinajstić information content (AvgIpc) is 2.76. The van der Waals surface area contributed by atoms with Crippen molar-refractivity contribution in [3.05, 3.63) is 51.8 Å². The second kappa shape index (κ2) is 6.84. The Balaban J connectivity index is 2.21. The number of nitriles is 1. The standard InChI is InChI=1S/C17H19ClN4O/c1-10(16-11(2)21-22(4)12(16)3)17(23)20-15(9-19)13-6-5-7-14(18)8-13/h5-8,10,15H,1-4H3,(H,20,23)/t10-,15+/m0/s1. The molecule has 1 N–H and O–H groups in total. The largest absolute Gasteiger partial charge is 0.336 e. The van der Waals surface area contributed by atoms with Crippen LogP contribution in [-0.2, 0) is 11.8 Å². The first-order chi connectivity index (χ1) is 10.8. The van der Waals surface area contributed by atoms with Crippen LogP contribution in [0.4, 0.5) is 0 Å². The summed E-state index contributed by atoms with van der Waals surface area (Å²) < 4.78 is 1.76. The lowest BCUT2D eigenvalue weighted by molar-refractivity contribution is -0.122. The van der Waals surface area contributed by atoms with Gasteiger partial charge >= 0.3 is 0 Å². The Labute approximate surface area is 140 Å². The van der Waals surface area contributed by atoms with E-state index in [1.165, 1.54) is 0 Å². The normalized spacial score (nSPS) is 13.2. The van der Waals surface area contributed by atoms with Crippen molar-refractivity contribution in [2.75, 3.05) is 0 Å². The smallest absolute Gasteiger partial charge is 0.228 e. The summed E-state index contributed by atoms with van der Waals surface area (Å²) in [6.45, 7) is 5.63. The average molecular weight is 331 g/mol. The molecule has 0 fully saturated rings. The summed E-state index contributed by atoms with van der Waals surface area (Å²) in [4.78, 5) is 12.6. The first-order valence-corrected chi connectivity index (χ1v) is 7.68. The molecular weight excluding hydrogens is 312 g/mol. The van der Waals surface area contributed by atoms with Crippen molar-refractivity contribution in [1.29, 1.82) is 5.26 Å². The van der Waals surface area contributed by atoms with E-state index >= 15 is 0 Å². The highest BCUT2D eigenvalue weighted by molar-refractivity contribution is 6.30. The molecule has 2 rings (SSSR count). The first kappa shape index (κ1) is 17.0. The number of hydrogen-bond acceptors (Lipinski definition) is 3. The molecule has 0 spiro atoms. The maximum absolute atomic E-state index is 12.6. The van der Waals surface area contributed by atoms with Gasteiger partial charge in [-0.1, -0.05) is 23.7 Å². The van der Waals surface area contributed by atoms with Gasteiger partial charge in [0.05, 0.1) is 17.7 Å². The number of hydrogen-bond donors (Lipinski definition) is 1. The minimum Gasteiger partial charge on any atom is -0.336 e. The number of carbonyl (C=O) groups excluding carboxylic acids is 1. The zero-order chi connectivity index (χ0) is 17.1. The van der Waals surface area contributed by atoms with Crippen molar-refractivity contribution >= 4 is 17.5 Å². The van der Waals surface area contributed by atoms with Gasteiger partial charge < -0.3 is 5.32 Å². The molecule has 2 atom stereocenters. The van der Waals surface area contributed by atoms with E-state index in [9.17, 15) is 10.1 Å². The summed E-state index contributed by atoms with van der Waals surface area (Å²) in [5.74, 6) is -0.602. The van der Waals surface area contributed by atoms with Crippen molar-refractivity contribution in [3.8, 4) is 6.07 Å². The zero-order valence-electron chi connectivity index (χ0n) is 13.6. The van der Waals surface area contributed by atoms with E-state index in [-0.39, 0.29) is 5.91 Å². The summed E-state index contributed by atoms with van der Waals surface area (Å²) in [7, 11) is 1.85. The summed E-state index contributed by atoms with van der Waals surface area (Å²) in [6.07, 6.45) is 0. The third-order valence-corrected chi connectivity index (χ3v) is 4.22. The van der Waals surface area contributed by atoms with E-state index in [0.29, 0.717) is 10.6 Å². The van der Waals surface area contributed by atoms with E-state index < -0.39 is 12.0 Å². The Morgan fingerprint density at radius 2 is 2.13 bits per heavy atom. The van der Waals surface area contributed by atoms with Gasteiger partial charge in [-0.15, -0.1) is 0 Å². The van der Waals surface area contributed by atoms with Gasteiger partial charge in [-0.25, -0.2) is 0 Å². The van der Waals surface area contributed by atoms with Crippen LogP contribution in [0, 0.1) is 25.2 Å². The molecule has 5 nitrogen and oxygen atoms in total. The van der Waals surface area contributed by atoms with Crippen molar-refractivity contribution in [2.24, 2.45) is 7.05 Å². The predicted molar refractivity (Wildman–Crippen MR) is 89.0 cm³/mol. The Bertz CT molecular complexity index is 775. The van der Waals surface area contributed by atoms with Gasteiger partial charge in [0.25, 0.3) is 0 Å². The number of aromatic nitrogens is 2. The monoisotopic (exact) mass is 330 g/mol. The zero-order valence-corrected chi connectivity index (χ0v) is 14.3. The number of halogens is 1. The molecule has 6 heteroatoms. The second-order valence-electron chi connectivity index (χ2n) is 5.56. The minimum atomic E-state index is -0.735. The maximum atomic E-state index is 12.6. The van der Waals surface area contributed by atoms with E-state index in [4.69, 9.17) is 11.6 Å². The molecule has 1 aromatic heterocycles. The van der Waals surface area contributed by atoms with Crippen molar-refractivity contribution < 1.29 is 4.79 Å². The molecule has 2 aromatic rings. The van der Waals surface area contributed by atoms with Crippen LogP contribution in [0.15, 0.2) is 24.3 Å². The highest BCUT2D eigenvalue weighted by atomic mass is 35.5. The number of amides is 1.